The first-order valence-corrected chi connectivity index (χ1v) is 6.47. The van der Waals surface area contributed by atoms with Crippen molar-refractivity contribution in [3.63, 3.8) is 0 Å². The number of hydrogen-bond donors (Lipinski definition) is 3. The van der Waals surface area contributed by atoms with Gasteiger partial charge in [0, 0.05) is 17.7 Å². The average molecular weight is 293 g/mol. The molecule has 112 valence electrons. The van der Waals surface area contributed by atoms with Gasteiger partial charge in [-0.2, -0.15) is 0 Å². The molecule has 1 amide bonds. The van der Waals surface area contributed by atoms with E-state index in [9.17, 15) is 19.7 Å². The van der Waals surface area contributed by atoms with Crippen LogP contribution in [0, 0.1) is 10.1 Å². The number of aliphatic carboxylic acids is 1. The molecule has 21 heavy (non-hydrogen) atoms. The van der Waals surface area contributed by atoms with Gasteiger partial charge in [0.1, 0.15) is 11.7 Å². The molecule has 0 aliphatic heterocycles. The fraction of sp³-hybridized carbons (Fsp3) is 0.385. The van der Waals surface area contributed by atoms with Crippen LogP contribution in [0.5, 0.6) is 0 Å². The number of nitro groups is 1. The summed E-state index contributed by atoms with van der Waals surface area (Å²) in [6.07, 6.45) is 1.84. The van der Waals surface area contributed by atoms with Gasteiger partial charge in [-0.15, -0.1) is 0 Å². The molecule has 1 aromatic carbocycles. The zero-order chi connectivity index (χ0) is 15.6. The van der Waals surface area contributed by atoms with E-state index in [-0.39, 0.29) is 28.9 Å². The van der Waals surface area contributed by atoms with Crippen LogP contribution in [0.2, 0.25) is 0 Å². The van der Waals surface area contributed by atoms with Crippen LogP contribution in [0.1, 0.15) is 30.1 Å². The van der Waals surface area contributed by atoms with Crippen molar-refractivity contribution in [3.05, 3.63) is 33.9 Å². The minimum absolute atomic E-state index is 0.0675. The summed E-state index contributed by atoms with van der Waals surface area (Å²) in [6, 6.07) is 3.10. The molecule has 1 atom stereocenters. The Hall–Kier alpha value is -2.64. The van der Waals surface area contributed by atoms with E-state index in [4.69, 9.17) is 5.11 Å². The predicted octanol–water partition coefficient (Wildman–Crippen LogP) is 1.37. The lowest BCUT2D eigenvalue weighted by Gasteiger charge is -2.12. The Morgan fingerprint density at radius 2 is 2.10 bits per heavy atom. The first-order valence-electron chi connectivity index (χ1n) is 6.47. The quantitative estimate of drug-likeness (QED) is 0.538. The zero-order valence-corrected chi connectivity index (χ0v) is 11.3. The monoisotopic (exact) mass is 293 g/mol. The molecule has 0 saturated heterocycles. The number of rotatable bonds is 6. The van der Waals surface area contributed by atoms with E-state index < -0.39 is 16.9 Å². The molecule has 0 bridgehead atoms. The van der Waals surface area contributed by atoms with Crippen molar-refractivity contribution in [3.8, 4) is 0 Å². The van der Waals surface area contributed by atoms with Gasteiger partial charge in [-0.25, -0.2) is 0 Å². The van der Waals surface area contributed by atoms with Gasteiger partial charge in [-0.3, -0.25) is 19.7 Å². The first kappa shape index (κ1) is 14.8. The maximum absolute atomic E-state index is 11.9. The summed E-state index contributed by atoms with van der Waals surface area (Å²) >= 11 is 0. The minimum atomic E-state index is -1.13. The van der Waals surface area contributed by atoms with Crippen molar-refractivity contribution in [2.75, 3.05) is 5.32 Å². The molecule has 8 nitrogen and oxygen atoms in total. The van der Waals surface area contributed by atoms with Crippen molar-refractivity contribution in [2.24, 2.45) is 0 Å². The van der Waals surface area contributed by atoms with E-state index in [1.165, 1.54) is 19.1 Å². The number of carbonyl (C=O) groups excluding carboxylic acids is 1. The molecule has 3 N–H and O–H groups in total. The average Bonchev–Trinajstić information content (AvgIpc) is 3.22. The van der Waals surface area contributed by atoms with Crippen LogP contribution in [-0.2, 0) is 4.79 Å². The first-order chi connectivity index (χ1) is 9.88. The van der Waals surface area contributed by atoms with Crippen molar-refractivity contribution in [1.82, 2.24) is 5.32 Å². The molecular formula is C13H15N3O5. The van der Waals surface area contributed by atoms with Crippen LogP contribution in [0.4, 0.5) is 11.4 Å². The van der Waals surface area contributed by atoms with Gasteiger partial charge in [0.15, 0.2) is 0 Å². The van der Waals surface area contributed by atoms with Gasteiger partial charge >= 0.3 is 5.97 Å². The van der Waals surface area contributed by atoms with Crippen molar-refractivity contribution >= 4 is 23.3 Å². The highest BCUT2D eigenvalue weighted by Crippen LogP contribution is 2.27. The third-order valence-corrected chi connectivity index (χ3v) is 3.11. The fourth-order valence-electron chi connectivity index (χ4n) is 1.74. The number of nitrogens with one attached hydrogen (secondary N) is 2. The third kappa shape index (κ3) is 3.68. The zero-order valence-electron chi connectivity index (χ0n) is 11.3. The maximum Gasteiger partial charge on any atom is 0.325 e. The number of carboxylic acids is 1. The summed E-state index contributed by atoms with van der Waals surface area (Å²) in [5, 5.41) is 25.2. The Kier molecular flexibility index (Phi) is 4.06. The Labute approximate surface area is 120 Å². The molecule has 1 aliphatic rings. The second-order valence-electron chi connectivity index (χ2n) is 4.94. The number of nitro benzene ring substituents is 1. The lowest BCUT2D eigenvalue weighted by molar-refractivity contribution is -0.384. The Bertz CT molecular complexity index is 597. The van der Waals surface area contributed by atoms with Crippen molar-refractivity contribution < 1.29 is 19.6 Å². The molecule has 0 unspecified atom stereocenters. The smallest absolute Gasteiger partial charge is 0.325 e. The second kappa shape index (κ2) is 5.78. The van der Waals surface area contributed by atoms with E-state index in [1.54, 1.807) is 0 Å². The van der Waals surface area contributed by atoms with E-state index >= 15 is 0 Å². The predicted molar refractivity (Wildman–Crippen MR) is 74.3 cm³/mol. The summed E-state index contributed by atoms with van der Waals surface area (Å²) in [4.78, 5) is 33.1. The van der Waals surface area contributed by atoms with E-state index in [0.717, 1.165) is 18.9 Å². The normalized spacial score (nSPS) is 15.1. The number of hydrogen-bond acceptors (Lipinski definition) is 5. The van der Waals surface area contributed by atoms with Gasteiger partial charge in [0.05, 0.1) is 4.92 Å². The molecule has 1 aromatic rings. The number of benzene rings is 1. The summed E-state index contributed by atoms with van der Waals surface area (Å²) in [5.74, 6) is -1.49. The number of nitrogens with zero attached hydrogens (tertiary/aromatic N) is 1. The topological polar surface area (TPSA) is 122 Å². The molecule has 0 heterocycles. The molecule has 0 aromatic heterocycles. The number of carbonyl (C=O) groups is 2. The van der Waals surface area contributed by atoms with Gasteiger partial charge in [0.2, 0.25) is 0 Å². The van der Waals surface area contributed by atoms with E-state index in [0.29, 0.717) is 0 Å². The molecule has 0 spiro atoms. The SMILES string of the molecule is C[C@H](Nc1ccc(C(=O)NC2CC2)cc1[N+](=O)[O-])C(=O)O. The number of carboxylic acid groups (broad SMARTS) is 1. The highest BCUT2D eigenvalue weighted by atomic mass is 16.6. The molecular weight excluding hydrogens is 278 g/mol. The minimum Gasteiger partial charge on any atom is -0.480 e. The lowest BCUT2D eigenvalue weighted by atomic mass is 10.1. The van der Waals surface area contributed by atoms with Gasteiger partial charge in [-0.1, -0.05) is 0 Å². The summed E-state index contributed by atoms with van der Waals surface area (Å²) < 4.78 is 0. The Morgan fingerprint density at radius 3 is 2.62 bits per heavy atom. The number of amides is 1. The van der Waals surface area contributed by atoms with Crippen molar-refractivity contribution in [1.29, 1.82) is 0 Å². The highest BCUT2D eigenvalue weighted by Gasteiger charge is 2.25. The van der Waals surface area contributed by atoms with E-state index in [1.807, 2.05) is 0 Å². The fourth-order valence-corrected chi connectivity index (χ4v) is 1.74. The van der Waals surface area contributed by atoms with Crippen LogP contribution >= 0.6 is 0 Å². The summed E-state index contributed by atoms with van der Waals surface area (Å²) in [5.41, 5.74) is -0.0773. The Morgan fingerprint density at radius 1 is 1.43 bits per heavy atom. The van der Waals surface area contributed by atoms with Crippen LogP contribution in [0.15, 0.2) is 18.2 Å². The lowest BCUT2D eigenvalue weighted by Crippen LogP contribution is -2.27. The Balaban J connectivity index is 2.23. The van der Waals surface area contributed by atoms with Gasteiger partial charge < -0.3 is 15.7 Å². The molecule has 1 aliphatic carbocycles. The van der Waals surface area contributed by atoms with Gasteiger partial charge in [0.25, 0.3) is 11.6 Å². The van der Waals surface area contributed by atoms with Crippen LogP contribution < -0.4 is 10.6 Å². The number of anilines is 1. The van der Waals surface area contributed by atoms with Crippen LogP contribution in [-0.4, -0.2) is 34.0 Å². The maximum atomic E-state index is 11.9. The van der Waals surface area contributed by atoms with E-state index in [2.05, 4.69) is 10.6 Å². The molecule has 1 saturated carbocycles. The summed E-state index contributed by atoms with van der Waals surface area (Å²) in [6.45, 7) is 1.37. The molecule has 2 rings (SSSR count). The third-order valence-electron chi connectivity index (χ3n) is 3.11. The van der Waals surface area contributed by atoms with Crippen LogP contribution in [0.25, 0.3) is 0 Å². The summed E-state index contributed by atoms with van der Waals surface area (Å²) in [7, 11) is 0. The second-order valence-corrected chi connectivity index (χ2v) is 4.94. The highest BCUT2D eigenvalue weighted by molar-refractivity contribution is 5.96. The molecule has 8 heteroatoms. The van der Waals surface area contributed by atoms with Gasteiger partial charge in [-0.05, 0) is 31.9 Å². The molecule has 0 radical (unpaired) electrons. The largest absolute Gasteiger partial charge is 0.480 e. The molecule has 1 fully saturated rings. The van der Waals surface area contributed by atoms with Crippen molar-refractivity contribution in [2.45, 2.75) is 31.8 Å². The van der Waals surface area contributed by atoms with Crippen LogP contribution in [0.3, 0.4) is 0 Å². The standard InChI is InChI=1S/C13H15N3O5/c1-7(13(18)19)14-10-5-2-8(6-11(10)16(20)21)12(17)15-9-3-4-9/h2,5-7,9,14H,3-4H2,1H3,(H,15,17)(H,18,19)/t7-/m0/s1.